The van der Waals surface area contributed by atoms with Gasteiger partial charge in [0.2, 0.25) is 0 Å². The Kier molecular flexibility index (Phi) is 4.68. The van der Waals surface area contributed by atoms with Crippen molar-refractivity contribution in [2.75, 3.05) is 20.2 Å². The van der Waals surface area contributed by atoms with Crippen molar-refractivity contribution in [3.8, 4) is 0 Å². The van der Waals surface area contributed by atoms with Gasteiger partial charge in [0.05, 0.1) is 6.61 Å². The van der Waals surface area contributed by atoms with E-state index in [-0.39, 0.29) is 5.97 Å². The van der Waals surface area contributed by atoms with E-state index < -0.39 is 0 Å². The van der Waals surface area contributed by atoms with Gasteiger partial charge in [0.1, 0.15) is 0 Å². The number of likely N-dealkylation sites (tertiary alicyclic amines) is 1. The van der Waals surface area contributed by atoms with Gasteiger partial charge in [-0.1, -0.05) is 0 Å². The third-order valence-corrected chi connectivity index (χ3v) is 3.38. The number of nitrogens with zero attached hydrogens (tertiary/aromatic N) is 2. The van der Waals surface area contributed by atoms with E-state index >= 15 is 0 Å². The van der Waals surface area contributed by atoms with Gasteiger partial charge in [-0.15, -0.1) is 0 Å². The maximum atomic E-state index is 11.3. The summed E-state index contributed by atoms with van der Waals surface area (Å²) in [6, 6.07) is 2.54. The number of ether oxygens (including phenoxy) is 1. The lowest BCUT2D eigenvalue weighted by atomic mass is 10.1. The van der Waals surface area contributed by atoms with Crippen LogP contribution in [-0.4, -0.2) is 36.1 Å². The molecule has 2 heterocycles. The van der Waals surface area contributed by atoms with E-state index in [1.165, 1.54) is 24.5 Å². The molecule has 2 rings (SSSR count). The van der Waals surface area contributed by atoms with Crippen LogP contribution in [0.3, 0.4) is 0 Å². The number of carbonyl (C=O) groups excluding carboxylic acids is 1. The summed E-state index contributed by atoms with van der Waals surface area (Å²) in [5.74, 6) is -0.314. The fraction of sp³-hybridized carbons (Fsp3) is 0.467. The smallest absolute Gasteiger partial charge is 0.330 e. The van der Waals surface area contributed by atoms with Crippen LogP contribution in [0.25, 0.3) is 6.08 Å². The van der Waals surface area contributed by atoms with Crippen molar-refractivity contribution in [1.82, 2.24) is 9.88 Å². The summed E-state index contributed by atoms with van der Waals surface area (Å²) in [7, 11) is 2.14. The van der Waals surface area contributed by atoms with Gasteiger partial charge in [-0.25, -0.2) is 4.79 Å². The standard InChI is InChI=1S/C15H20N2O2/c1-3-19-15(18)7-6-12-9-13(11-16-10-12)14-5-4-8-17(14)2/h6-7,9-11,14H,3-5,8H2,1-2H3/b7-6+. The summed E-state index contributed by atoms with van der Waals surface area (Å²) in [4.78, 5) is 17.9. The molecular weight excluding hydrogens is 240 g/mol. The van der Waals surface area contributed by atoms with Gasteiger partial charge in [-0.3, -0.25) is 9.88 Å². The molecule has 1 saturated heterocycles. The highest BCUT2D eigenvalue weighted by atomic mass is 16.5. The van der Waals surface area contributed by atoms with E-state index in [0.717, 1.165) is 12.1 Å². The molecule has 1 aliphatic rings. The van der Waals surface area contributed by atoms with Crippen molar-refractivity contribution in [2.24, 2.45) is 0 Å². The number of pyridine rings is 1. The molecule has 1 aliphatic heterocycles. The van der Waals surface area contributed by atoms with E-state index in [4.69, 9.17) is 4.74 Å². The maximum Gasteiger partial charge on any atom is 0.330 e. The molecule has 4 nitrogen and oxygen atoms in total. The van der Waals surface area contributed by atoms with E-state index in [1.54, 1.807) is 19.2 Å². The molecule has 0 aromatic carbocycles. The largest absolute Gasteiger partial charge is 0.463 e. The number of aromatic nitrogens is 1. The lowest BCUT2D eigenvalue weighted by Gasteiger charge is -2.19. The Balaban J connectivity index is 2.09. The Morgan fingerprint density at radius 1 is 1.58 bits per heavy atom. The molecule has 1 fully saturated rings. The number of esters is 1. The monoisotopic (exact) mass is 260 g/mol. The summed E-state index contributed by atoms with van der Waals surface area (Å²) in [5.41, 5.74) is 2.15. The normalized spacial score (nSPS) is 20.0. The van der Waals surface area contributed by atoms with Crippen LogP contribution in [0.4, 0.5) is 0 Å². The Morgan fingerprint density at radius 3 is 3.11 bits per heavy atom. The van der Waals surface area contributed by atoms with Crippen LogP contribution in [0.2, 0.25) is 0 Å². The summed E-state index contributed by atoms with van der Waals surface area (Å²) in [5, 5.41) is 0. The molecule has 1 aromatic rings. The van der Waals surface area contributed by atoms with Crippen LogP contribution in [0.15, 0.2) is 24.5 Å². The first-order valence-electron chi connectivity index (χ1n) is 6.70. The van der Waals surface area contributed by atoms with Crippen LogP contribution in [-0.2, 0) is 9.53 Å². The molecule has 0 radical (unpaired) electrons. The number of hydrogen-bond acceptors (Lipinski definition) is 4. The zero-order valence-electron chi connectivity index (χ0n) is 11.5. The molecule has 4 heteroatoms. The minimum atomic E-state index is -0.314. The predicted molar refractivity (Wildman–Crippen MR) is 74.5 cm³/mol. The quantitative estimate of drug-likeness (QED) is 0.616. The first-order chi connectivity index (χ1) is 9.20. The van der Waals surface area contributed by atoms with Gasteiger partial charge < -0.3 is 4.74 Å². The van der Waals surface area contributed by atoms with E-state index in [1.807, 2.05) is 6.20 Å². The summed E-state index contributed by atoms with van der Waals surface area (Å²) in [6.45, 7) is 3.33. The maximum absolute atomic E-state index is 11.3. The molecule has 0 amide bonds. The molecule has 0 saturated carbocycles. The molecule has 1 unspecified atom stereocenters. The Hall–Kier alpha value is -1.68. The molecule has 0 N–H and O–H groups in total. The van der Waals surface area contributed by atoms with Crippen molar-refractivity contribution in [1.29, 1.82) is 0 Å². The van der Waals surface area contributed by atoms with Crippen molar-refractivity contribution in [3.05, 3.63) is 35.7 Å². The SMILES string of the molecule is CCOC(=O)/C=C/c1cncc(C2CCCN2C)c1. The third kappa shape index (κ3) is 3.64. The summed E-state index contributed by atoms with van der Waals surface area (Å²) < 4.78 is 4.86. The average molecular weight is 260 g/mol. The molecule has 0 aliphatic carbocycles. The van der Waals surface area contributed by atoms with E-state index in [9.17, 15) is 4.79 Å². The highest BCUT2D eigenvalue weighted by molar-refractivity contribution is 5.86. The van der Waals surface area contributed by atoms with Gasteiger partial charge >= 0.3 is 5.97 Å². The first kappa shape index (κ1) is 13.7. The van der Waals surface area contributed by atoms with Gasteiger partial charge in [0.15, 0.2) is 0 Å². The van der Waals surface area contributed by atoms with Crippen molar-refractivity contribution >= 4 is 12.0 Å². The molecule has 1 atom stereocenters. The zero-order chi connectivity index (χ0) is 13.7. The number of rotatable bonds is 4. The second kappa shape index (κ2) is 6.48. The Morgan fingerprint density at radius 2 is 2.42 bits per heavy atom. The van der Waals surface area contributed by atoms with Crippen molar-refractivity contribution in [2.45, 2.75) is 25.8 Å². The van der Waals surface area contributed by atoms with Crippen LogP contribution in [0.1, 0.15) is 36.9 Å². The van der Waals surface area contributed by atoms with Gasteiger partial charge in [-0.05, 0) is 56.6 Å². The molecule has 19 heavy (non-hydrogen) atoms. The minimum absolute atomic E-state index is 0.314. The van der Waals surface area contributed by atoms with Crippen LogP contribution in [0, 0.1) is 0 Å². The highest BCUT2D eigenvalue weighted by Gasteiger charge is 2.22. The van der Waals surface area contributed by atoms with Gasteiger partial charge in [-0.2, -0.15) is 0 Å². The van der Waals surface area contributed by atoms with Gasteiger partial charge in [0.25, 0.3) is 0 Å². The summed E-state index contributed by atoms with van der Waals surface area (Å²) >= 11 is 0. The third-order valence-electron chi connectivity index (χ3n) is 3.38. The van der Waals surface area contributed by atoms with Crippen molar-refractivity contribution in [3.63, 3.8) is 0 Å². The van der Waals surface area contributed by atoms with Crippen LogP contribution >= 0.6 is 0 Å². The van der Waals surface area contributed by atoms with E-state index in [2.05, 4.69) is 23.0 Å². The lowest BCUT2D eigenvalue weighted by Crippen LogP contribution is -2.17. The second-order valence-electron chi connectivity index (χ2n) is 4.78. The van der Waals surface area contributed by atoms with Gasteiger partial charge in [0, 0.05) is 24.5 Å². The predicted octanol–water partition coefficient (Wildman–Crippen LogP) is 2.42. The van der Waals surface area contributed by atoms with Crippen LogP contribution in [0.5, 0.6) is 0 Å². The Bertz CT molecular complexity index is 471. The summed E-state index contributed by atoms with van der Waals surface area (Å²) in [6.07, 6.45) is 9.27. The fourth-order valence-electron chi connectivity index (χ4n) is 2.44. The fourth-order valence-corrected chi connectivity index (χ4v) is 2.44. The molecule has 0 spiro atoms. The number of carbonyl (C=O) groups is 1. The zero-order valence-corrected chi connectivity index (χ0v) is 11.5. The lowest BCUT2D eigenvalue weighted by molar-refractivity contribution is -0.137. The molecule has 0 bridgehead atoms. The average Bonchev–Trinajstić information content (AvgIpc) is 2.83. The van der Waals surface area contributed by atoms with Crippen LogP contribution < -0.4 is 0 Å². The first-order valence-corrected chi connectivity index (χ1v) is 6.70. The molecule has 1 aromatic heterocycles. The second-order valence-corrected chi connectivity index (χ2v) is 4.78. The minimum Gasteiger partial charge on any atom is -0.463 e. The highest BCUT2D eigenvalue weighted by Crippen LogP contribution is 2.30. The number of hydrogen-bond donors (Lipinski definition) is 0. The Labute approximate surface area is 114 Å². The molecular formula is C15H20N2O2. The van der Waals surface area contributed by atoms with E-state index in [0.29, 0.717) is 12.6 Å². The molecule has 102 valence electrons. The van der Waals surface area contributed by atoms with Crippen molar-refractivity contribution < 1.29 is 9.53 Å². The topological polar surface area (TPSA) is 42.4 Å².